The molecule has 8 nitrogen and oxygen atoms in total. The monoisotopic (exact) mass is 456 g/mol. The Morgan fingerprint density at radius 2 is 1.84 bits per heavy atom. The van der Waals surface area contributed by atoms with Crippen molar-refractivity contribution in [2.75, 3.05) is 37.0 Å². The third kappa shape index (κ3) is 4.22. The van der Waals surface area contributed by atoms with E-state index in [9.17, 15) is 18.0 Å². The molecule has 0 aliphatic carbocycles. The van der Waals surface area contributed by atoms with E-state index in [1.165, 1.54) is 25.1 Å². The van der Waals surface area contributed by atoms with E-state index in [2.05, 4.69) is 5.32 Å². The van der Waals surface area contributed by atoms with E-state index in [1.807, 2.05) is 35.2 Å². The van der Waals surface area contributed by atoms with Crippen LogP contribution in [0.1, 0.15) is 24.8 Å². The zero-order valence-electron chi connectivity index (χ0n) is 18.3. The van der Waals surface area contributed by atoms with Gasteiger partial charge in [-0.3, -0.25) is 14.5 Å². The van der Waals surface area contributed by atoms with E-state index in [0.29, 0.717) is 12.2 Å². The molecule has 2 aromatic rings. The predicted octanol–water partition coefficient (Wildman–Crippen LogP) is 1.96. The number of nitrogens with zero attached hydrogens (tertiary/aromatic N) is 3. The van der Waals surface area contributed by atoms with Crippen molar-refractivity contribution in [3.63, 3.8) is 0 Å². The van der Waals surface area contributed by atoms with Gasteiger partial charge in [-0.15, -0.1) is 0 Å². The molecule has 1 N–H and O–H groups in total. The van der Waals surface area contributed by atoms with Gasteiger partial charge in [-0.05, 0) is 43.0 Å². The topological polar surface area (TPSA) is 90.0 Å². The van der Waals surface area contributed by atoms with E-state index in [0.717, 1.165) is 41.4 Å². The summed E-state index contributed by atoms with van der Waals surface area (Å²) in [6.45, 7) is 0.935. The lowest BCUT2D eigenvalue weighted by molar-refractivity contribution is -0.125. The maximum absolute atomic E-state index is 13.4. The molecular weight excluding hydrogens is 428 g/mol. The molecule has 2 aliphatic heterocycles. The van der Waals surface area contributed by atoms with Crippen LogP contribution in [0.3, 0.4) is 0 Å². The molecule has 1 saturated heterocycles. The Morgan fingerprint density at radius 1 is 1.09 bits per heavy atom. The molecule has 0 saturated carbocycles. The van der Waals surface area contributed by atoms with E-state index in [-0.39, 0.29) is 29.3 Å². The number of hydrogen-bond donors (Lipinski definition) is 1. The van der Waals surface area contributed by atoms with Crippen molar-refractivity contribution in [3.8, 4) is 0 Å². The summed E-state index contributed by atoms with van der Waals surface area (Å²) in [6.07, 6.45) is 2.64. The molecule has 1 atom stereocenters. The zero-order chi connectivity index (χ0) is 22.9. The van der Waals surface area contributed by atoms with Crippen molar-refractivity contribution in [1.82, 2.24) is 9.62 Å². The number of hydrogen-bond acceptors (Lipinski definition) is 5. The van der Waals surface area contributed by atoms with Crippen molar-refractivity contribution >= 4 is 33.2 Å². The number of sulfonamides is 1. The fraction of sp³-hybridized carbons (Fsp3) is 0.391. The van der Waals surface area contributed by atoms with Gasteiger partial charge in [0.05, 0.1) is 16.3 Å². The summed E-state index contributed by atoms with van der Waals surface area (Å²) in [5, 5.41) is 2.86. The Balaban J connectivity index is 1.65. The fourth-order valence-electron chi connectivity index (χ4n) is 4.27. The van der Waals surface area contributed by atoms with Gasteiger partial charge in [0.2, 0.25) is 21.8 Å². The lowest BCUT2D eigenvalue weighted by Gasteiger charge is -2.45. The Bertz CT molecular complexity index is 1120. The summed E-state index contributed by atoms with van der Waals surface area (Å²) < 4.78 is 26.5. The largest absolute Gasteiger partial charge is 0.358 e. The summed E-state index contributed by atoms with van der Waals surface area (Å²) in [5.74, 6) is -0.454. The molecule has 2 amide bonds. The third-order valence-corrected chi connectivity index (χ3v) is 7.82. The van der Waals surface area contributed by atoms with Crippen LogP contribution in [0, 0.1) is 0 Å². The average molecular weight is 457 g/mol. The lowest BCUT2D eigenvalue weighted by Crippen LogP contribution is -2.57. The van der Waals surface area contributed by atoms with Crippen molar-refractivity contribution in [2.24, 2.45) is 0 Å². The Kier molecular flexibility index (Phi) is 6.21. The van der Waals surface area contributed by atoms with E-state index >= 15 is 0 Å². The highest BCUT2D eigenvalue weighted by molar-refractivity contribution is 7.89. The van der Waals surface area contributed by atoms with E-state index in [4.69, 9.17) is 0 Å². The van der Waals surface area contributed by atoms with E-state index in [1.54, 1.807) is 12.1 Å². The maximum atomic E-state index is 13.4. The number of piperidine rings is 1. The second-order valence-electron chi connectivity index (χ2n) is 8.33. The van der Waals surface area contributed by atoms with Crippen LogP contribution in [0.5, 0.6) is 0 Å². The molecule has 0 spiro atoms. The lowest BCUT2D eigenvalue weighted by atomic mass is 9.96. The van der Waals surface area contributed by atoms with Crippen molar-refractivity contribution in [3.05, 3.63) is 54.1 Å². The standard InChI is InChI=1S/C23H28N4O4S/c1-25(2)32(30,31)18-11-12-19-21(14-18)27(23(29)20-10-6-7-13-26(19)20)16-22(28)24-15-17-8-4-3-5-9-17/h3-5,8-9,11-12,14,20H,6-7,10,13,15-16H2,1-2H3,(H,24,28)/t20-/m0/s1. The van der Waals surface area contributed by atoms with Crippen LogP contribution < -0.4 is 15.1 Å². The highest BCUT2D eigenvalue weighted by Gasteiger charge is 2.40. The Hall–Kier alpha value is -2.91. The molecule has 170 valence electrons. The smallest absolute Gasteiger partial charge is 0.250 e. The quantitative estimate of drug-likeness (QED) is 0.718. The van der Waals surface area contributed by atoms with Crippen molar-refractivity contribution < 1.29 is 18.0 Å². The molecule has 0 radical (unpaired) electrons. The zero-order valence-corrected chi connectivity index (χ0v) is 19.1. The molecular formula is C23H28N4O4S. The summed E-state index contributed by atoms with van der Waals surface area (Å²) >= 11 is 0. The van der Waals surface area contributed by atoms with Crippen LogP contribution in [0.15, 0.2) is 53.4 Å². The van der Waals surface area contributed by atoms with Crippen LogP contribution in [-0.2, 0) is 26.2 Å². The molecule has 1 fully saturated rings. The number of amides is 2. The van der Waals surface area contributed by atoms with Crippen molar-refractivity contribution in [2.45, 2.75) is 36.7 Å². The van der Waals surface area contributed by atoms with Gasteiger partial charge in [0, 0.05) is 27.2 Å². The third-order valence-electron chi connectivity index (χ3n) is 6.01. The fourth-order valence-corrected chi connectivity index (χ4v) is 5.19. The minimum atomic E-state index is -3.68. The van der Waals surface area contributed by atoms with Gasteiger partial charge in [0.1, 0.15) is 12.6 Å². The highest BCUT2D eigenvalue weighted by Crippen LogP contribution is 2.40. The second kappa shape index (κ2) is 8.91. The van der Waals surface area contributed by atoms with Gasteiger partial charge < -0.3 is 10.2 Å². The first-order chi connectivity index (χ1) is 15.3. The number of fused-ring (bicyclic) bond motifs is 3. The normalized spacial score (nSPS) is 18.3. The minimum Gasteiger partial charge on any atom is -0.358 e. The van der Waals surface area contributed by atoms with Crippen LogP contribution in [0.4, 0.5) is 11.4 Å². The highest BCUT2D eigenvalue weighted by atomic mass is 32.2. The molecule has 2 aromatic carbocycles. The SMILES string of the molecule is CN(C)S(=O)(=O)c1ccc2c(c1)N(CC(=O)NCc1ccccc1)C(=O)[C@@H]1CCCCN21. The summed E-state index contributed by atoms with van der Waals surface area (Å²) in [5.41, 5.74) is 2.22. The molecule has 0 bridgehead atoms. The number of carbonyl (C=O) groups excluding carboxylic acids is 2. The van der Waals surface area contributed by atoms with Crippen LogP contribution in [0.25, 0.3) is 0 Å². The summed E-state index contributed by atoms with van der Waals surface area (Å²) in [4.78, 5) is 29.7. The Morgan fingerprint density at radius 3 is 2.56 bits per heavy atom. The first-order valence-electron chi connectivity index (χ1n) is 10.7. The number of nitrogens with one attached hydrogen (secondary N) is 1. The average Bonchev–Trinajstić information content (AvgIpc) is 2.80. The van der Waals surface area contributed by atoms with Gasteiger partial charge in [0.15, 0.2) is 0 Å². The minimum absolute atomic E-state index is 0.0965. The second-order valence-corrected chi connectivity index (χ2v) is 10.5. The predicted molar refractivity (Wildman–Crippen MR) is 123 cm³/mol. The molecule has 2 aliphatic rings. The summed E-state index contributed by atoms with van der Waals surface area (Å²) in [6, 6.07) is 14.1. The number of carbonyl (C=O) groups is 2. The maximum Gasteiger partial charge on any atom is 0.250 e. The number of benzene rings is 2. The van der Waals surface area contributed by atoms with Gasteiger partial charge in [-0.2, -0.15) is 0 Å². The first-order valence-corrected chi connectivity index (χ1v) is 12.2. The molecule has 2 heterocycles. The van der Waals surface area contributed by atoms with Gasteiger partial charge in [0.25, 0.3) is 0 Å². The van der Waals surface area contributed by atoms with E-state index < -0.39 is 10.0 Å². The van der Waals surface area contributed by atoms with Crippen LogP contribution in [0.2, 0.25) is 0 Å². The van der Waals surface area contributed by atoms with Gasteiger partial charge in [-0.1, -0.05) is 30.3 Å². The van der Waals surface area contributed by atoms with Crippen LogP contribution >= 0.6 is 0 Å². The Labute approximate surface area is 188 Å². The van der Waals surface area contributed by atoms with Gasteiger partial charge >= 0.3 is 0 Å². The van der Waals surface area contributed by atoms with Crippen LogP contribution in [-0.4, -0.2) is 57.8 Å². The first kappa shape index (κ1) is 22.3. The number of anilines is 2. The summed E-state index contributed by atoms with van der Waals surface area (Å²) in [7, 11) is -0.744. The molecule has 4 rings (SSSR count). The van der Waals surface area contributed by atoms with Crippen molar-refractivity contribution in [1.29, 1.82) is 0 Å². The molecule has 0 unspecified atom stereocenters. The van der Waals surface area contributed by atoms with Gasteiger partial charge in [-0.25, -0.2) is 12.7 Å². The molecule has 32 heavy (non-hydrogen) atoms. The molecule has 9 heteroatoms. The number of rotatable bonds is 6. The molecule has 0 aromatic heterocycles.